The fourth-order valence-electron chi connectivity index (χ4n) is 3.63. The second-order valence-electron chi connectivity index (χ2n) is 7.28. The van der Waals surface area contributed by atoms with Crippen LogP contribution in [0.15, 0.2) is 24.3 Å². The van der Waals surface area contributed by atoms with E-state index < -0.39 is 0 Å². The molecule has 3 amide bonds. The number of amides is 3. The van der Waals surface area contributed by atoms with Crippen molar-refractivity contribution in [2.24, 2.45) is 5.92 Å². The highest BCUT2D eigenvalue weighted by atomic mass is 19.1. The zero-order valence-electron chi connectivity index (χ0n) is 15.2. The first kappa shape index (κ1) is 18.4. The van der Waals surface area contributed by atoms with Gasteiger partial charge in [0.1, 0.15) is 12.4 Å². The molecule has 3 saturated heterocycles. The maximum Gasteiger partial charge on any atom is 0.241 e. The molecule has 0 N–H and O–H groups in total. The molecule has 0 aliphatic carbocycles. The highest BCUT2D eigenvalue weighted by molar-refractivity contribution is 5.88. The normalized spacial score (nSPS) is 22.3. The van der Waals surface area contributed by atoms with E-state index in [1.807, 2.05) is 0 Å². The molecule has 140 valence electrons. The Balaban J connectivity index is 1.70. The zero-order valence-corrected chi connectivity index (χ0v) is 15.2. The molecule has 3 aliphatic heterocycles. The molecule has 1 aromatic rings. The summed E-state index contributed by atoms with van der Waals surface area (Å²) in [6, 6.07) is 5.77. The largest absolute Gasteiger partial charge is 0.347 e. The molecule has 2 bridgehead atoms. The highest BCUT2D eigenvalue weighted by Crippen LogP contribution is 2.29. The number of halogens is 1. The first-order chi connectivity index (χ1) is 12.3. The number of rotatable bonds is 4. The lowest BCUT2D eigenvalue weighted by Gasteiger charge is -2.35. The van der Waals surface area contributed by atoms with Gasteiger partial charge in [0.15, 0.2) is 0 Å². The maximum atomic E-state index is 13.0. The number of hydrogen-bond donors (Lipinski definition) is 0. The van der Waals surface area contributed by atoms with Crippen molar-refractivity contribution >= 4 is 17.7 Å². The van der Waals surface area contributed by atoms with E-state index in [2.05, 4.69) is 0 Å². The van der Waals surface area contributed by atoms with Crippen molar-refractivity contribution in [2.45, 2.75) is 25.3 Å². The van der Waals surface area contributed by atoms with E-state index in [4.69, 9.17) is 0 Å². The summed E-state index contributed by atoms with van der Waals surface area (Å²) in [5, 5.41) is 0. The standard InChI is InChI=1S/C19H24FN3O3/c1-21(2)18(25)12-23-16-8-5-14(19(23)26)10-22(11-16)17(24)9-13-3-6-15(20)7-4-13/h3-4,6-7,14,16H,5,8-12H2,1-2H3/t14-,16+/m0/s1. The Labute approximate surface area is 152 Å². The lowest BCUT2D eigenvalue weighted by atomic mass is 9.94. The molecule has 3 heterocycles. The highest BCUT2D eigenvalue weighted by Gasteiger charge is 2.42. The van der Waals surface area contributed by atoms with Crippen molar-refractivity contribution in [3.63, 3.8) is 0 Å². The summed E-state index contributed by atoms with van der Waals surface area (Å²) in [5.74, 6) is -0.799. The fourth-order valence-corrected chi connectivity index (χ4v) is 3.63. The van der Waals surface area contributed by atoms with Crippen LogP contribution >= 0.6 is 0 Å². The summed E-state index contributed by atoms with van der Waals surface area (Å²) in [7, 11) is 3.34. The number of likely N-dealkylation sites (N-methyl/N-ethyl adjacent to an activating group) is 1. The van der Waals surface area contributed by atoms with Crippen molar-refractivity contribution < 1.29 is 18.8 Å². The minimum atomic E-state index is -0.333. The summed E-state index contributed by atoms with van der Waals surface area (Å²) in [6.45, 7) is 0.901. The predicted molar refractivity (Wildman–Crippen MR) is 93.6 cm³/mol. The van der Waals surface area contributed by atoms with Gasteiger partial charge in [-0.15, -0.1) is 0 Å². The van der Waals surface area contributed by atoms with Crippen LogP contribution in [0.1, 0.15) is 18.4 Å². The number of nitrogens with zero attached hydrogens (tertiary/aromatic N) is 3. The first-order valence-corrected chi connectivity index (χ1v) is 8.88. The van der Waals surface area contributed by atoms with Gasteiger partial charge in [0.25, 0.3) is 0 Å². The number of hydrogen-bond acceptors (Lipinski definition) is 3. The minimum Gasteiger partial charge on any atom is -0.347 e. The number of piperidine rings is 1. The summed E-state index contributed by atoms with van der Waals surface area (Å²) < 4.78 is 13.0. The number of fused-ring (bicyclic) bond motifs is 4. The quantitative estimate of drug-likeness (QED) is 0.801. The second kappa shape index (κ2) is 7.43. The van der Waals surface area contributed by atoms with E-state index in [1.165, 1.54) is 17.0 Å². The Morgan fingerprint density at radius 1 is 1.15 bits per heavy atom. The third-order valence-electron chi connectivity index (χ3n) is 5.22. The van der Waals surface area contributed by atoms with E-state index in [0.29, 0.717) is 13.1 Å². The van der Waals surface area contributed by atoms with Crippen molar-refractivity contribution in [3.05, 3.63) is 35.6 Å². The third-order valence-corrected chi connectivity index (χ3v) is 5.22. The summed E-state index contributed by atoms with van der Waals surface area (Å²) in [5.41, 5.74) is 0.749. The van der Waals surface area contributed by atoms with E-state index in [1.54, 1.807) is 36.0 Å². The van der Waals surface area contributed by atoms with E-state index >= 15 is 0 Å². The van der Waals surface area contributed by atoms with E-state index in [-0.39, 0.29) is 48.5 Å². The molecule has 4 rings (SSSR count). The molecule has 3 fully saturated rings. The van der Waals surface area contributed by atoms with Crippen LogP contribution < -0.4 is 0 Å². The molecule has 0 radical (unpaired) electrons. The van der Waals surface area contributed by atoms with Crippen LogP contribution in [0.2, 0.25) is 0 Å². The molecule has 1 aromatic carbocycles. The van der Waals surface area contributed by atoms with Crippen molar-refractivity contribution in [1.29, 1.82) is 0 Å². The van der Waals surface area contributed by atoms with Crippen LogP contribution in [0, 0.1) is 11.7 Å². The summed E-state index contributed by atoms with van der Waals surface area (Å²) in [6.07, 6.45) is 1.73. The molecule has 7 heteroatoms. The van der Waals surface area contributed by atoms with Gasteiger partial charge in [0.2, 0.25) is 17.7 Å². The zero-order chi connectivity index (χ0) is 18.8. The monoisotopic (exact) mass is 361 g/mol. The molecule has 0 saturated carbocycles. The SMILES string of the molecule is CN(C)C(=O)CN1C(=O)[C@H]2CC[C@@H]1CN(C(=O)Cc1ccc(F)cc1)C2. The van der Waals surface area contributed by atoms with Crippen LogP contribution in [0.3, 0.4) is 0 Å². The lowest BCUT2D eigenvalue weighted by Crippen LogP contribution is -2.51. The maximum absolute atomic E-state index is 13.0. The van der Waals surface area contributed by atoms with Crippen LogP contribution in [-0.2, 0) is 20.8 Å². The smallest absolute Gasteiger partial charge is 0.241 e. The number of carbonyl (C=O) groups excluding carboxylic acids is 3. The Hall–Kier alpha value is -2.44. The van der Waals surface area contributed by atoms with Crippen LogP contribution in [-0.4, -0.2) is 72.2 Å². The van der Waals surface area contributed by atoms with E-state index in [0.717, 1.165) is 18.4 Å². The van der Waals surface area contributed by atoms with Gasteiger partial charge in [-0.05, 0) is 30.5 Å². The van der Waals surface area contributed by atoms with Crippen LogP contribution in [0.4, 0.5) is 4.39 Å². The Kier molecular flexibility index (Phi) is 5.25. The molecular weight excluding hydrogens is 337 g/mol. The molecule has 6 nitrogen and oxygen atoms in total. The van der Waals surface area contributed by atoms with Gasteiger partial charge in [-0.1, -0.05) is 12.1 Å². The van der Waals surface area contributed by atoms with Crippen molar-refractivity contribution in [1.82, 2.24) is 14.7 Å². The average Bonchev–Trinajstić information content (AvgIpc) is 2.89. The molecule has 0 aromatic heterocycles. The molecule has 0 unspecified atom stereocenters. The van der Waals surface area contributed by atoms with Crippen LogP contribution in [0.25, 0.3) is 0 Å². The van der Waals surface area contributed by atoms with Gasteiger partial charge in [0.05, 0.1) is 12.3 Å². The average molecular weight is 361 g/mol. The molecule has 0 spiro atoms. The third kappa shape index (κ3) is 3.86. The Bertz CT molecular complexity index is 704. The molecule has 26 heavy (non-hydrogen) atoms. The van der Waals surface area contributed by atoms with Gasteiger partial charge in [-0.2, -0.15) is 0 Å². The topological polar surface area (TPSA) is 60.9 Å². The summed E-state index contributed by atoms with van der Waals surface area (Å²) in [4.78, 5) is 42.3. The fraction of sp³-hybridized carbons (Fsp3) is 0.526. The second-order valence-corrected chi connectivity index (χ2v) is 7.28. The van der Waals surface area contributed by atoms with Gasteiger partial charge >= 0.3 is 0 Å². The number of carbonyl (C=O) groups is 3. The van der Waals surface area contributed by atoms with Gasteiger partial charge in [-0.25, -0.2) is 4.39 Å². The van der Waals surface area contributed by atoms with Crippen LogP contribution in [0.5, 0.6) is 0 Å². The molecule has 2 atom stereocenters. The Morgan fingerprint density at radius 2 is 1.85 bits per heavy atom. The lowest BCUT2D eigenvalue weighted by molar-refractivity contribution is -0.145. The molecule has 3 aliphatic rings. The van der Waals surface area contributed by atoms with Gasteiger partial charge in [-0.3, -0.25) is 14.4 Å². The summed E-state index contributed by atoms with van der Waals surface area (Å²) >= 11 is 0. The van der Waals surface area contributed by atoms with Crippen molar-refractivity contribution in [3.8, 4) is 0 Å². The Morgan fingerprint density at radius 3 is 2.50 bits per heavy atom. The van der Waals surface area contributed by atoms with Crippen molar-refractivity contribution in [2.75, 3.05) is 33.7 Å². The number of benzene rings is 1. The van der Waals surface area contributed by atoms with E-state index in [9.17, 15) is 18.8 Å². The minimum absolute atomic E-state index is 0.0338. The van der Waals surface area contributed by atoms with Gasteiger partial charge in [0, 0.05) is 33.2 Å². The van der Waals surface area contributed by atoms with Gasteiger partial charge < -0.3 is 14.7 Å². The predicted octanol–water partition coefficient (Wildman–Crippen LogP) is 0.906. The first-order valence-electron chi connectivity index (χ1n) is 8.88. The molecular formula is C19H24FN3O3.